The van der Waals surface area contributed by atoms with Crippen LogP contribution in [0.2, 0.25) is 0 Å². The lowest BCUT2D eigenvalue weighted by Gasteiger charge is -2.12. The first-order valence-corrected chi connectivity index (χ1v) is 9.67. The van der Waals surface area contributed by atoms with Gasteiger partial charge in [0, 0.05) is 6.42 Å². The van der Waals surface area contributed by atoms with E-state index in [4.69, 9.17) is 9.47 Å². The Kier molecular flexibility index (Phi) is 7.15. The summed E-state index contributed by atoms with van der Waals surface area (Å²) in [4.78, 5) is 36.4. The molecule has 2 aromatic rings. The van der Waals surface area contributed by atoms with E-state index in [-0.39, 0.29) is 6.54 Å². The van der Waals surface area contributed by atoms with Gasteiger partial charge in [-0.25, -0.2) is 5.01 Å². The van der Waals surface area contributed by atoms with E-state index in [1.807, 2.05) is 37.3 Å². The molecule has 8 nitrogen and oxygen atoms in total. The number of hydrazone groups is 1. The first-order valence-electron chi connectivity index (χ1n) is 9.67. The van der Waals surface area contributed by atoms with Crippen LogP contribution in [0.15, 0.2) is 59.7 Å². The molecule has 2 aromatic carbocycles. The van der Waals surface area contributed by atoms with Crippen LogP contribution in [0, 0.1) is 0 Å². The normalized spacial score (nSPS) is 12.8. The summed E-state index contributed by atoms with van der Waals surface area (Å²) in [6, 6.07) is 16.3. The molecule has 3 rings (SSSR count). The molecule has 1 aliphatic rings. The fourth-order valence-electron chi connectivity index (χ4n) is 2.92. The molecule has 0 bridgehead atoms. The average Bonchev–Trinajstić information content (AvgIpc) is 3.27. The first kappa shape index (κ1) is 21.0. The minimum Gasteiger partial charge on any atom is -0.493 e. The monoisotopic (exact) mass is 409 g/mol. The third kappa shape index (κ3) is 5.44. The van der Waals surface area contributed by atoms with Gasteiger partial charge in [-0.15, -0.1) is 0 Å². The van der Waals surface area contributed by atoms with Crippen molar-refractivity contribution in [3.63, 3.8) is 0 Å². The topological polar surface area (TPSA) is 97.3 Å². The number of nitrogens with zero attached hydrogens (tertiary/aromatic N) is 2. The van der Waals surface area contributed by atoms with Crippen molar-refractivity contribution in [1.29, 1.82) is 0 Å². The number of carbonyl (C=O) groups is 3. The van der Waals surface area contributed by atoms with E-state index in [1.165, 1.54) is 5.01 Å². The number of rotatable bonds is 8. The number of hydrogen-bond acceptors (Lipinski definition) is 6. The third-order valence-electron chi connectivity index (χ3n) is 4.38. The molecule has 1 aliphatic heterocycles. The maximum Gasteiger partial charge on any atom is 0.325 e. The Balaban J connectivity index is 1.45. The van der Waals surface area contributed by atoms with E-state index in [2.05, 4.69) is 10.4 Å². The summed E-state index contributed by atoms with van der Waals surface area (Å²) in [5.41, 5.74) is 2.10. The Hall–Kier alpha value is -3.68. The summed E-state index contributed by atoms with van der Waals surface area (Å²) in [5.74, 6) is -1.15. The summed E-state index contributed by atoms with van der Waals surface area (Å²) in [5, 5.41) is 8.07. The molecular weight excluding hydrogens is 386 g/mol. The summed E-state index contributed by atoms with van der Waals surface area (Å²) >= 11 is 0. The number of ether oxygens (including phenoxy) is 2. The van der Waals surface area contributed by atoms with Gasteiger partial charge in [0.25, 0.3) is 11.8 Å². The Morgan fingerprint density at radius 2 is 1.80 bits per heavy atom. The summed E-state index contributed by atoms with van der Waals surface area (Å²) < 4.78 is 10.4. The van der Waals surface area contributed by atoms with Gasteiger partial charge in [0.1, 0.15) is 12.3 Å². The number of carbonyl (C=O) groups excluding carboxylic acids is 3. The molecule has 1 N–H and O–H groups in total. The van der Waals surface area contributed by atoms with Crippen LogP contribution in [0.25, 0.3) is 0 Å². The number of esters is 1. The van der Waals surface area contributed by atoms with Gasteiger partial charge in [-0.1, -0.05) is 42.5 Å². The average molecular weight is 409 g/mol. The van der Waals surface area contributed by atoms with E-state index < -0.39 is 24.4 Å². The van der Waals surface area contributed by atoms with E-state index in [1.54, 1.807) is 24.3 Å². The highest BCUT2D eigenvalue weighted by molar-refractivity contribution is 6.02. The lowest BCUT2D eigenvalue weighted by atomic mass is 10.1. The van der Waals surface area contributed by atoms with Gasteiger partial charge in [-0.05, 0) is 24.6 Å². The predicted molar refractivity (Wildman–Crippen MR) is 110 cm³/mol. The molecule has 0 fully saturated rings. The van der Waals surface area contributed by atoms with Gasteiger partial charge in [0.05, 0.1) is 24.4 Å². The van der Waals surface area contributed by atoms with Crippen molar-refractivity contribution in [3.8, 4) is 5.75 Å². The fraction of sp³-hybridized carbons (Fsp3) is 0.273. The Labute approximate surface area is 174 Å². The second-order valence-electron chi connectivity index (χ2n) is 6.45. The highest BCUT2D eigenvalue weighted by Crippen LogP contribution is 2.17. The standard InChI is InChI=1S/C22H23N3O5/c1-2-29-19-11-7-6-10-17(19)22(28)23-14-21(27)30-15-20(26)25-13-12-18(24-25)16-8-4-3-5-9-16/h3-11H,2,12-15H2,1H3,(H,23,28). The molecular formula is C22H23N3O5. The Morgan fingerprint density at radius 1 is 1.07 bits per heavy atom. The molecule has 0 spiro atoms. The maximum absolute atomic E-state index is 12.3. The van der Waals surface area contributed by atoms with Crippen LogP contribution < -0.4 is 10.1 Å². The van der Waals surface area contributed by atoms with E-state index in [0.717, 1.165) is 11.3 Å². The summed E-state index contributed by atoms with van der Waals surface area (Å²) in [6.45, 7) is 1.88. The number of hydrogen-bond donors (Lipinski definition) is 1. The SMILES string of the molecule is CCOc1ccccc1C(=O)NCC(=O)OCC(=O)N1CCC(c2ccccc2)=N1. The van der Waals surface area contributed by atoms with E-state index in [9.17, 15) is 14.4 Å². The third-order valence-corrected chi connectivity index (χ3v) is 4.38. The van der Waals surface area contributed by atoms with Gasteiger partial charge in [0.2, 0.25) is 0 Å². The molecule has 0 radical (unpaired) electrons. The van der Waals surface area contributed by atoms with Gasteiger partial charge in [0.15, 0.2) is 6.61 Å². The van der Waals surface area contributed by atoms with Crippen molar-refractivity contribution < 1.29 is 23.9 Å². The number of nitrogens with one attached hydrogen (secondary N) is 1. The zero-order valence-corrected chi connectivity index (χ0v) is 16.7. The quantitative estimate of drug-likeness (QED) is 0.673. The molecule has 0 aliphatic carbocycles. The van der Waals surface area contributed by atoms with Crippen molar-refractivity contribution in [2.24, 2.45) is 5.10 Å². The first-order chi connectivity index (χ1) is 14.6. The molecule has 30 heavy (non-hydrogen) atoms. The predicted octanol–water partition coefficient (Wildman–Crippen LogP) is 1.99. The molecule has 0 aromatic heterocycles. The molecule has 8 heteroatoms. The molecule has 0 saturated heterocycles. The second kappa shape index (κ2) is 10.2. The van der Waals surface area contributed by atoms with Crippen molar-refractivity contribution >= 4 is 23.5 Å². The van der Waals surface area contributed by atoms with Crippen molar-refractivity contribution in [3.05, 3.63) is 65.7 Å². The van der Waals surface area contributed by atoms with Crippen LogP contribution in [-0.2, 0) is 14.3 Å². The molecule has 2 amide bonds. The number of benzene rings is 2. The lowest BCUT2D eigenvalue weighted by Crippen LogP contribution is -2.34. The van der Waals surface area contributed by atoms with E-state index >= 15 is 0 Å². The highest BCUT2D eigenvalue weighted by atomic mass is 16.5. The van der Waals surface area contributed by atoms with Gasteiger partial charge >= 0.3 is 5.97 Å². The van der Waals surface area contributed by atoms with Crippen molar-refractivity contribution in [2.75, 3.05) is 26.3 Å². The lowest BCUT2D eigenvalue weighted by molar-refractivity contribution is -0.150. The maximum atomic E-state index is 12.3. The van der Waals surface area contributed by atoms with Crippen LogP contribution >= 0.6 is 0 Å². The van der Waals surface area contributed by atoms with Crippen molar-refractivity contribution in [2.45, 2.75) is 13.3 Å². The Bertz CT molecular complexity index is 943. The summed E-state index contributed by atoms with van der Waals surface area (Å²) in [7, 11) is 0. The Morgan fingerprint density at radius 3 is 2.57 bits per heavy atom. The minimum atomic E-state index is -0.711. The molecule has 0 atom stereocenters. The number of para-hydroxylation sites is 1. The zero-order valence-electron chi connectivity index (χ0n) is 16.7. The van der Waals surface area contributed by atoms with Crippen LogP contribution in [0.3, 0.4) is 0 Å². The smallest absolute Gasteiger partial charge is 0.325 e. The van der Waals surface area contributed by atoms with Crippen molar-refractivity contribution in [1.82, 2.24) is 10.3 Å². The van der Waals surface area contributed by atoms with Crippen LogP contribution in [-0.4, -0.2) is 54.8 Å². The minimum absolute atomic E-state index is 0.322. The largest absolute Gasteiger partial charge is 0.493 e. The molecule has 156 valence electrons. The molecule has 0 unspecified atom stereocenters. The van der Waals surface area contributed by atoms with Gasteiger partial charge < -0.3 is 14.8 Å². The van der Waals surface area contributed by atoms with Crippen LogP contribution in [0.5, 0.6) is 5.75 Å². The van der Waals surface area contributed by atoms with Crippen LogP contribution in [0.4, 0.5) is 0 Å². The fourth-order valence-corrected chi connectivity index (χ4v) is 2.92. The van der Waals surface area contributed by atoms with Gasteiger partial charge in [-0.2, -0.15) is 5.10 Å². The van der Waals surface area contributed by atoms with Crippen LogP contribution in [0.1, 0.15) is 29.3 Å². The molecule has 0 saturated carbocycles. The second-order valence-corrected chi connectivity index (χ2v) is 6.45. The zero-order chi connectivity index (χ0) is 21.3. The van der Waals surface area contributed by atoms with Gasteiger partial charge in [-0.3, -0.25) is 14.4 Å². The highest BCUT2D eigenvalue weighted by Gasteiger charge is 2.22. The summed E-state index contributed by atoms with van der Waals surface area (Å²) in [6.07, 6.45) is 0.638. The molecule has 1 heterocycles. The number of amides is 2. The van der Waals surface area contributed by atoms with E-state index in [0.29, 0.717) is 30.9 Å².